The van der Waals surface area contributed by atoms with Crippen LogP contribution in [0.3, 0.4) is 0 Å². The van der Waals surface area contributed by atoms with Gasteiger partial charge in [-0.2, -0.15) is 4.89 Å². The molecule has 0 saturated carbocycles. The molecular weight excluding hydrogens is 346 g/mol. The number of hydrogen-bond acceptors (Lipinski definition) is 8. The van der Waals surface area contributed by atoms with Crippen LogP contribution in [0, 0.1) is 0 Å². The van der Waals surface area contributed by atoms with Crippen LogP contribution in [-0.4, -0.2) is 63.9 Å². The lowest BCUT2D eigenvalue weighted by molar-refractivity contribution is -0.277. The molecule has 5 N–H and O–H groups in total. The van der Waals surface area contributed by atoms with Crippen molar-refractivity contribution in [2.75, 3.05) is 6.61 Å². The van der Waals surface area contributed by atoms with Gasteiger partial charge in [-0.25, -0.2) is 9.59 Å². The maximum absolute atomic E-state index is 12.4. The molecule has 1 unspecified atom stereocenters. The third-order valence-electron chi connectivity index (χ3n) is 4.28. The first-order chi connectivity index (χ1) is 12.3. The van der Waals surface area contributed by atoms with Gasteiger partial charge in [0.05, 0.1) is 12.7 Å². The summed E-state index contributed by atoms with van der Waals surface area (Å²) < 4.78 is 5.41. The minimum atomic E-state index is -2.00. The number of hydrogen-bond donors (Lipinski definition) is 4. The van der Waals surface area contributed by atoms with Crippen molar-refractivity contribution in [2.24, 2.45) is 5.73 Å². The lowest BCUT2D eigenvalue weighted by Crippen LogP contribution is -2.68. The molecule has 5 atom stereocenters. The van der Waals surface area contributed by atoms with E-state index in [1.54, 1.807) is 6.92 Å². The van der Waals surface area contributed by atoms with Crippen LogP contribution in [0.2, 0.25) is 0 Å². The van der Waals surface area contributed by atoms with Crippen molar-refractivity contribution in [1.82, 2.24) is 10.2 Å². The van der Waals surface area contributed by atoms with Gasteiger partial charge < -0.3 is 20.3 Å². The molecule has 10 nitrogen and oxygen atoms in total. The number of nitrogens with zero attached hydrogens (tertiary/aromatic N) is 1. The number of rotatable bonds is 7. The molecule has 1 fully saturated rings. The SMILES string of the molecule is C=CC1=CN([C@@H]2O[C@H](C)[C@@H](O)[C@H]2O)C(=O)NC1(N)C(=O)OOCCCC. The molecule has 10 heteroatoms. The van der Waals surface area contributed by atoms with Crippen molar-refractivity contribution >= 4 is 12.0 Å². The van der Waals surface area contributed by atoms with Gasteiger partial charge in [0.2, 0.25) is 5.66 Å². The zero-order valence-corrected chi connectivity index (χ0v) is 14.8. The zero-order chi connectivity index (χ0) is 19.5. The Hall–Kier alpha value is -1.98. The number of carbonyl (C=O) groups is 2. The lowest BCUT2D eigenvalue weighted by Gasteiger charge is -2.38. The van der Waals surface area contributed by atoms with E-state index in [0.717, 1.165) is 11.3 Å². The van der Waals surface area contributed by atoms with E-state index in [1.165, 1.54) is 12.3 Å². The molecule has 1 saturated heterocycles. The van der Waals surface area contributed by atoms with E-state index in [-0.39, 0.29) is 12.2 Å². The third kappa shape index (κ3) is 3.74. The number of aliphatic hydroxyl groups is 2. The smallest absolute Gasteiger partial charge is 0.386 e. The summed E-state index contributed by atoms with van der Waals surface area (Å²) in [5.74, 6) is -1.02. The van der Waals surface area contributed by atoms with E-state index < -0.39 is 42.2 Å². The van der Waals surface area contributed by atoms with Crippen molar-refractivity contribution in [3.63, 3.8) is 0 Å². The summed E-state index contributed by atoms with van der Waals surface area (Å²) in [5.41, 5.74) is 4.11. The van der Waals surface area contributed by atoms with Gasteiger partial charge in [0, 0.05) is 11.8 Å². The average molecular weight is 371 g/mol. The number of ether oxygens (including phenoxy) is 1. The highest BCUT2D eigenvalue weighted by Crippen LogP contribution is 2.29. The van der Waals surface area contributed by atoms with Gasteiger partial charge in [-0.1, -0.05) is 26.0 Å². The van der Waals surface area contributed by atoms with E-state index in [4.69, 9.17) is 15.4 Å². The summed E-state index contributed by atoms with van der Waals surface area (Å²) >= 11 is 0. The highest BCUT2D eigenvalue weighted by atomic mass is 17.2. The van der Waals surface area contributed by atoms with Crippen LogP contribution in [0.5, 0.6) is 0 Å². The topological polar surface area (TPSA) is 144 Å². The second kappa shape index (κ2) is 8.14. The monoisotopic (exact) mass is 371 g/mol. The Kier molecular flexibility index (Phi) is 6.37. The highest BCUT2D eigenvalue weighted by molar-refractivity contribution is 5.92. The van der Waals surface area contributed by atoms with Crippen LogP contribution >= 0.6 is 0 Å². The van der Waals surface area contributed by atoms with Crippen LogP contribution in [0.25, 0.3) is 0 Å². The molecule has 2 aliphatic rings. The Labute approximate surface area is 151 Å². The summed E-state index contributed by atoms with van der Waals surface area (Å²) in [6.07, 6.45) is -0.280. The van der Waals surface area contributed by atoms with E-state index in [9.17, 15) is 19.8 Å². The van der Waals surface area contributed by atoms with Gasteiger partial charge in [-0.15, -0.1) is 0 Å². The molecule has 2 rings (SSSR count). The van der Waals surface area contributed by atoms with Crippen molar-refractivity contribution in [2.45, 2.75) is 56.9 Å². The molecule has 2 heterocycles. The molecule has 0 aromatic rings. The van der Waals surface area contributed by atoms with E-state index in [0.29, 0.717) is 6.42 Å². The summed E-state index contributed by atoms with van der Waals surface area (Å²) in [6, 6.07) is -0.811. The molecule has 0 spiro atoms. The maximum atomic E-state index is 12.4. The number of carbonyl (C=O) groups excluding carboxylic acids is 2. The highest BCUT2D eigenvalue weighted by Gasteiger charge is 2.50. The van der Waals surface area contributed by atoms with Gasteiger partial charge in [-0.3, -0.25) is 15.5 Å². The number of unbranched alkanes of at least 4 members (excludes halogenated alkanes) is 1. The fraction of sp³-hybridized carbons (Fsp3) is 0.625. The molecule has 2 amide bonds. The number of nitrogens with one attached hydrogen (secondary N) is 1. The van der Waals surface area contributed by atoms with Gasteiger partial charge in [0.15, 0.2) is 6.23 Å². The van der Waals surface area contributed by atoms with Gasteiger partial charge in [0.25, 0.3) is 0 Å². The molecule has 26 heavy (non-hydrogen) atoms. The molecule has 146 valence electrons. The first-order valence-corrected chi connectivity index (χ1v) is 8.35. The van der Waals surface area contributed by atoms with Crippen molar-refractivity contribution in [3.05, 3.63) is 24.4 Å². The number of urea groups is 1. The lowest BCUT2D eigenvalue weighted by atomic mass is 9.99. The van der Waals surface area contributed by atoms with Gasteiger partial charge in [-0.05, 0) is 13.3 Å². The predicted molar refractivity (Wildman–Crippen MR) is 88.9 cm³/mol. The van der Waals surface area contributed by atoms with Crippen LogP contribution < -0.4 is 11.1 Å². The van der Waals surface area contributed by atoms with Crippen molar-refractivity contribution < 1.29 is 34.3 Å². The van der Waals surface area contributed by atoms with E-state index >= 15 is 0 Å². The summed E-state index contributed by atoms with van der Waals surface area (Å²) in [6.45, 7) is 7.28. The van der Waals surface area contributed by atoms with Crippen molar-refractivity contribution in [1.29, 1.82) is 0 Å². The molecule has 2 aliphatic heterocycles. The number of aliphatic hydroxyl groups excluding tert-OH is 2. The van der Waals surface area contributed by atoms with Gasteiger partial charge in [0.1, 0.15) is 12.2 Å². The first kappa shape index (κ1) is 20.3. The number of amides is 2. The average Bonchev–Trinajstić information content (AvgIpc) is 2.86. The summed E-state index contributed by atoms with van der Waals surface area (Å²) in [5, 5.41) is 22.2. The Balaban J connectivity index is 2.19. The standard InChI is InChI=1S/C16H25N3O7/c1-4-6-7-24-26-14(22)16(17)10(5-2)8-19(15(23)18-16)13-12(21)11(20)9(3)25-13/h5,8-9,11-13,20-21H,2,4,6-7,17H2,1,3H3,(H,18,23)/t9-,11-,12-,13-,16?/m1/s1. The number of nitrogens with two attached hydrogens (primary N) is 1. The Morgan fingerprint density at radius 3 is 2.77 bits per heavy atom. The molecule has 0 radical (unpaired) electrons. The predicted octanol–water partition coefficient (Wildman–Crippen LogP) is -0.522. The quantitative estimate of drug-likeness (QED) is 0.266. The second-order valence-corrected chi connectivity index (χ2v) is 6.19. The van der Waals surface area contributed by atoms with E-state index in [2.05, 4.69) is 16.8 Å². The fourth-order valence-corrected chi connectivity index (χ4v) is 2.61. The minimum Gasteiger partial charge on any atom is -0.388 e. The van der Waals surface area contributed by atoms with Crippen molar-refractivity contribution in [3.8, 4) is 0 Å². The Bertz CT molecular complexity index is 596. The van der Waals surface area contributed by atoms with Gasteiger partial charge >= 0.3 is 12.0 Å². The molecule has 0 bridgehead atoms. The normalized spacial score (nSPS) is 34.3. The Morgan fingerprint density at radius 2 is 2.23 bits per heavy atom. The van der Waals surface area contributed by atoms with Crippen LogP contribution in [0.15, 0.2) is 24.4 Å². The molecule has 0 aliphatic carbocycles. The van der Waals surface area contributed by atoms with Crippen LogP contribution in [0.4, 0.5) is 4.79 Å². The maximum Gasteiger partial charge on any atom is 0.386 e. The Morgan fingerprint density at radius 1 is 1.54 bits per heavy atom. The second-order valence-electron chi connectivity index (χ2n) is 6.19. The fourth-order valence-electron chi connectivity index (χ4n) is 2.61. The zero-order valence-electron chi connectivity index (χ0n) is 14.8. The van der Waals surface area contributed by atoms with E-state index in [1.807, 2.05) is 6.92 Å². The molecule has 0 aromatic carbocycles. The minimum absolute atomic E-state index is 0.103. The first-order valence-electron chi connectivity index (χ1n) is 8.35. The van der Waals surface area contributed by atoms with Crippen LogP contribution in [0.1, 0.15) is 26.7 Å². The summed E-state index contributed by atoms with van der Waals surface area (Å²) in [4.78, 5) is 35.2. The molecular formula is C16H25N3O7. The third-order valence-corrected chi connectivity index (χ3v) is 4.28. The molecule has 0 aromatic heterocycles. The van der Waals surface area contributed by atoms with Crippen LogP contribution in [-0.2, 0) is 19.3 Å². The summed E-state index contributed by atoms with van der Waals surface area (Å²) in [7, 11) is 0. The largest absolute Gasteiger partial charge is 0.388 e.